The quantitative estimate of drug-likeness (QED) is 0.545. The first kappa shape index (κ1) is 23.4. The van der Waals surface area contributed by atoms with Gasteiger partial charge in [-0.3, -0.25) is 9.69 Å². The normalized spacial score (nSPS) is 15.9. The minimum Gasteiger partial charge on any atom is -0.342 e. The lowest BCUT2D eigenvalue weighted by molar-refractivity contribution is -0.133. The van der Waals surface area contributed by atoms with Gasteiger partial charge in [0.1, 0.15) is 16.3 Å². The van der Waals surface area contributed by atoms with Gasteiger partial charge in [-0.2, -0.15) is 0 Å². The van der Waals surface area contributed by atoms with Gasteiger partial charge in [0.05, 0.1) is 0 Å². The van der Waals surface area contributed by atoms with Crippen molar-refractivity contribution in [2.45, 2.75) is 22.9 Å². The zero-order chi connectivity index (χ0) is 22.6. The summed E-state index contributed by atoms with van der Waals surface area (Å²) in [5.74, 6) is -0.198. The van der Waals surface area contributed by atoms with Crippen molar-refractivity contribution in [1.29, 1.82) is 0 Å². The molecule has 0 atom stereocenters. The largest absolute Gasteiger partial charge is 0.342 e. The standard InChI is InChI=1S/C19H27N5O5S2/c1-20-30(26,27)17-13-23(14-18(17)31(28,29)21-2)15-19(25)24-10-8-22(9-11-24)12-16-6-4-3-5-7-16/h3-7,13-14,20-21H,8-12,15H2,1-2H3. The van der Waals surface area contributed by atoms with Crippen LogP contribution in [-0.2, 0) is 37.9 Å². The third kappa shape index (κ3) is 5.52. The van der Waals surface area contributed by atoms with Gasteiger partial charge in [-0.25, -0.2) is 26.3 Å². The highest BCUT2D eigenvalue weighted by molar-refractivity contribution is 7.92. The molecule has 0 radical (unpaired) electrons. The molecule has 1 saturated heterocycles. The van der Waals surface area contributed by atoms with Gasteiger partial charge in [0.15, 0.2) is 0 Å². The zero-order valence-electron chi connectivity index (χ0n) is 17.5. The molecule has 170 valence electrons. The number of nitrogens with one attached hydrogen (secondary N) is 2. The van der Waals surface area contributed by atoms with E-state index in [2.05, 4.69) is 26.5 Å². The molecular formula is C19H27N5O5S2. The number of carbonyl (C=O) groups is 1. The maximum atomic E-state index is 12.7. The van der Waals surface area contributed by atoms with Crippen LogP contribution < -0.4 is 9.44 Å². The van der Waals surface area contributed by atoms with E-state index in [1.54, 1.807) is 4.90 Å². The molecule has 1 aliphatic rings. The van der Waals surface area contributed by atoms with Gasteiger partial charge in [-0.05, 0) is 19.7 Å². The predicted molar refractivity (Wildman–Crippen MR) is 115 cm³/mol. The van der Waals surface area contributed by atoms with E-state index in [1.807, 2.05) is 18.2 Å². The van der Waals surface area contributed by atoms with Crippen molar-refractivity contribution in [3.8, 4) is 0 Å². The summed E-state index contributed by atoms with van der Waals surface area (Å²) in [5.41, 5.74) is 1.21. The molecule has 1 aromatic heterocycles. The van der Waals surface area contributed by atoms with Gasteiger partial charge in [-0.15, -0.1) is 0 Å². The van der Waals surface area contributed by atoms with Crippen LogP contribution in [0, 0.1) is 0 Å². The molecule has 2 N–H and O–H groups in total. The molecule has 1 fully saturated rings. The molecule has 0 spiro atoms. The lowest BCUT2D eigenvalue weighted by Gasteiger charge is -2.34. The van der Waals surface area contributed by atoms with E-state index in [0.717, 1.165) is 19.6 Å². The Hall–Kier alpha value is -2.25. The summed E-state index contributed by atoms with van der Waals surface area (Å²) in [6, 6.07) is 10.1. The van der Waals surface area contributed by atoms with Crippen molar-refractivity contribution >= 4 is 26.0 Å². The van der Waals surface area contributed by atoms with Gasteiger partial charge < -0.3 is 9.47 Å². The first-order valence-electron chi connectivity index (χ1n) is 9.77. The maximum absolute atomic E-state index is 12.7. The summed E-state index contributed by atoms with van der Waals surface area (Å²) < 4.78 is 54.5. The minimum absolute atomic E-state index is 0.149. The van der Waals surface area contributed by atoms with Gasteiger partial charge in [0.2, 0.25) is 26.0 Å². The number of amides is 1. The van der Waals surface area contributed by atoms with Crippen molar-refractivity contribution in [2.24, 2.45) is 0 Å². The Kier molecular flexibility index (Phi) is 7.17. The predicted octanol–water partition coefficient (Wildman–Crippen LogP) is -0.351. The Morgan fingerprint density at radius 3 is 1.87 bits per heavy atom. The summed E-state index contributed by atoms with van der Waals surface area (Å²) in [6.07, 6.45) is 2.33. The second kappa shape index (κ2) is 9.49. The molecule has 1 aliphatic heterocycles. The van der Waals surface area contributed by atoms with Crippen LogP contribution in [-0.4, -0.2) is 77.4 Å². The van der Waals surface area contributed by atoms with Crippen molar-refractivity contribution in [2.75, 3.05) is 40.3 Å². The van der Waals surface area contributed by atoms with Crippen LogP contribution in [0.4, 0.5) is 0 Å². The van der Waals surface area contributed by atoms with Crippen molar-refractivity contribution in [3.63, 3.8) is 0 Å². The van der Waals surface area contributed by atoms with Crippen LogP contribution in [0.1, 0.15) is 5.56 Å². The molecule has 2 heterocycles. The van der Waals surface area contributed by atoms with Crippen LogP contribution in [0.2, 0.25) is 0 Å². The Morgan fingerprint density at radius 1 is 0.871 bits per heavy atom. The fourth-order valence-electron chi connectivity index (χ4n) is 3.43. The first-order chi connectivity index (χ1) is 14.7. The third-order valence-electron chi connectivity index (χ3n) is 5.22. The van der Waals surface area contributed by atoms with E-state index in [1.165, 1.54) is 36.6 Å². The van der Waals surface area contributed by atoms with Crippen LogP contribution >= 0.6 is 0 Å². The Balaban J connectivity index is 1.68. The molecule has 2 aromatic rings. The Morgan fingerprint density at radius 2 is 1.39 bits per heavy atom. The number of piperazine rings is 1. The van der Waals surface area contributed by atoms with Crippen LogP contribution in [0.25, 0.3) is 0 Å². The average Bonchev–Trinajstić information content (AvgIpc) is 3.20. The first-order valence-corrected chi connectivity index (χ1v) is 12.7. The lowest BCUT2D eigenvalue weighted by Crippen LogP contribution is -2.49. The summed E-state index contributed by atoms with van der Waals surface area (Å²) in [6.45, 7) is 3.23. The summed E-state index contributed by atoms with van der Waals surface area (Å²) >= 11 is 0. The number of benzene rings is 1. The van der Waals surface area contributed by atoms with Crippen LogP contribution in [0.15, 0.2) is 52.5 Å². The number of sulfonamides is 2. The fourth-order valence-corrected chi connectivity index (χ4v) is 5.72. The average molecular weight is 470 g/mol. The smallest absolute Gasteiger partial charge is 0.243 e. The summed E-state index contributed by atoms with van der Waals surface area (Å²) in [5, 5.41) is 0. The molecule has 31 heavy (non-hydrogen) atoms. The van der Waals surface area contributed by atoms with Crippen molar-refractivity contribution in [1.82, 2.24) is 23.8 Å². The molecule has 3 rings (SSSR count). The highest BCUT2D eigenvalue weighted by Crippen LogP contribution is 2.22. The van der Waals surface area contributed by atoms with E-state index < -0.39 is 29.8 Å². The van der Waals surface area contributed by atoms with Gasteiger partial charge in [0, 0.05) is 45.1 Å². The van der Waals surface area contributed by atoms with E-state index in [9.17, 15) is 21.6 Å². The van der Waals surface area contributed by atoms with E-state index in [0.29, 0.717) is 13.1 Å². The molecular weight excluding hydrogens is 442 g/mol. The second-order valence-corrected chi connectivity index (χ2v) is 10.9. The van der Waals surface area contributed by atoms with Crippen molar-refractivity contribution in [3.05, 3.63) is 48.3 Å². The van der Waals surface area contributed by atoms with Gasteiger partial charge in [0.25, 0.3) is 0 Å². The Labute approximate surface area is 182 Å². The zero-order valence-corrected chi connectivity index (χ0v) is 19.1. The second-order valence-electron chi connectivity index (χ2n) is 7.22. The van der Waals surface area contributed by atoms with Gasteiger partial charge in [-0.1, -0.05) is 30.3 Å². The molecule has 0 saturated carbocycles. The van der Waals surface area contributed by atoms with E-state index in [4.69, 9.17) is 0 Å². The highest BCUT2D eigenvalue weighted by Gasteiger charge is 2.28. The van der Waals surface area contributed by atoms with Crippen molar-refractivity contribution < 1.29 is 21.6 Å². The summed E-state index contributed by atoms with van der Waals surface area (Å²) in [4.78, 5) is 15.9. The maximum Gasteiger partial charge on any atom is 0.243 e. The molecule has 0 bridgehead atoms. The topological polar surface area (TPSA) is 121 Å². The molecule has 1 aromatic carbocycles. The fraction of sp³-hybridized carbons (Fsp3) is 0.421. The lowest BCUT2D eigenvalue weighted by atomic mass is 10.2. The number of nitrogens with zero attached hydrogens (tertiary/aromatic N) is 3. The molecule has 0 aliphatic carbocycles. The molecule has 1 amide bonds. The highest BCUT2D eigenvalue weighted by atomic mass is 32.2. The third-order valence-corrected chi connectivity index (χ3v) is 8.23. The minimum atomic E-state index is -4.02. The molecule has 10 nitrogen and oxygen atoms in total. The van der Waals surface area contributed by atoms with Crippen LogP contribution in [0.5, 0.6) is 0 Å². The van der Waals surface area contributed by atoms with E-state index >= 15 is 0 Å². The summed E-state index contributed by atoms with van der Waals surface area (Å²) in [7, 11) is -5.65. The number of aromatic nitrogens is 1. The van der Waals surface area contributed by atoms with Crippen LogP contribution in [0.3, 0.4) is 0 Å². The molecule has 12 heteroatoms. The van der Waals surface area contributed by atoms with Gasteiger partial charge >= 0.3 is 0 Å². The SMILES string of the molecule is CNS(=O)(=O)c1cn(CC(=O)N2CCN(Cc3ccccc3)CC2)cc1S(=O)(=O)NC. The number of carbonyl (C=O) groups excluding carboxylic acids is 1. The molecule has 0 unspecified atom stereocenters. The Bertz CT molecular complexity index is 1070. The monoisotopic (exact) mass is 469 g/mol. The number of hydrogen-bond acceptors (Lipinski definition) is 6. The van der Waals surface area contributed by atoms with E-state index in [-0.39, 0.29) is 12.5 Å². The number of hydrogen-bond donors (Lipinski definition) is 2. The number of rotatable bonds is 8.